The van der Waals surface area contributed by atoms with Crippen LogP contribution in [0.5, 0.6) is 5.75 Å². The third-order valence-electron chi connectivity index (χ3n) is 5.27. The number of benzene rings is 1. The van der Waals surface area contributed by atoms with E-state index >= 15 is 0 Å². The van der Waals surface area contributed by atoms with E-state index in [1.54, 1.807) is 0 Å². The van der Waals surface area contributed by atoms with Gasteiger partial charge in [0.25, 0.3) is 0 Å². The van der Waals surface area contributed by atoms with Crippen LogP contribution in [0.1, 0.15) is 91.0 Å². The molecule has 0 saturated heterocycles. The van der Waals surface area contributed by atoms with Crippen molar-refractivity contribution in [1.82, 2.24) is 0 Å². The summed E-state index contributed by atoms with van der Waals surface area (Å²) in [6, 6.07) is 8.55. The highest BCUT2D eigenvalue weighted by molar-refractivity contribution is 5.29. The Morgan fingerprint density at radius 1 is 1.00 bits per heavy atom. The van der Waals surface area contributed by atoms with E-state index in [0.717, 1.165) is 18.3 Å². The van der Waals surface area contributed by atoms with Gasteiger partial charge in [0.05, 0.1) is 6.61 Å². The average molecular weight is 347 g/mol. The lowest BCUT2D eigenvalue weighted by molar-refractivity contribution is -0.0711. The smallest absolute Gasteiger partial charge is 0.196 e. The fourth-order valence-corrected chi connectivity index (χ4v) is 4.01. The number of ether oxygens (including phenoxy) is 2. The first-order valence-electron chi connectivity index (χ1n) is 10.2. The van der Waals surface area contributed by atoms with Gasteiger partial charge in [0.2, 0.25) is 0 Å². The first kappa shape index (κ1) is 20.3. The monoisotopic (exact) mass is 346 g/mol. The Balaban J connectivity index is 1.72. The molecule has 2 atom stereocenters. The van der Waals surface area contributed by atoms with E-state index < -0.39 is 0 Å². The van der Waals surface area contributed by atoms with Crippen LogP contribution in [0.3, 0.4) is 0 Å². The van der Waals surface area contributed by atoms with E-state index in [9.17, 15) is 0 Å². The van der Waals surface area contributed by atoms with Crippen LogP contribution in [0.15, 0.2) is 24.3 Å². The minimum absolute atomic E-state index is 0.179. The average Bonchev–Trinajstić information content (AvgIpc) is 2.55. The maximum atomic E-state index is 5.92. The lowest BCUT2D eigenvalue weighted by Crippen LogP contribution is -2.19. The highest BCUT2D eigenvalue weighted by Gasteiger charge is 2.17. The summed E-state index contributed by atoms with van der Waals surface area (Å²) in [5.74, 6) is 2.33. The molecule has 1 saturated carbocycles. The van der Waals surface area contributed by atoms with Gasteiger partial charge in [-0.3, -0.25) is 0 Å². The molecule has 0 amide bonds. The second kappa shape index (κ2) is 9.62. The van der Waals surface area contributed by atoms with Gasteiger partial charge in [-0.2, -0.15) is 0 Å². The van der Waals surface area contributed by atoms with Crippen LogP contribution in [0.25, 0.3) is 0 Å². The van der Waals surface area contributed by atoms with Crippen molar-refractivity contribution in [3.8, 4) is 5.75 Å². The first-order valence-corrected chi connectivity index (χ1v) is 10.2. The van der Waals surface area contributed by atoms with Crippen LogP contribution >= 0.6 is 0 Å². The van der Waals surface area contributed by atoms with Gasteiger partial charge >= 0.3 is 0 Å². The molecule has 2 nitrogen and oxygen atoms in total. The predicted octanol–water partition coefficient (Wildman–Crippen LogP) is 6.94. The molecule has 1 aliphatic rings. The molecule has 25 heavy (non-hydrogen) atoms. The van der Waals surface area contributed by atoms with E-state index in [2.05, 4.69) is 52.0 Å². The third-order valence-corrected chi connectivity index (χ3v) is 5.27. The lowest BCUT2D eigenvalue weighted by atomic mass is 9.82. The Kier molecular flexibility index (Phi) is 7.81. The predicted molar refractivity (Wildman–Crippen MR) is 106 cm³/mol. The molecule has 2 rings (SSSR count). The summed E-state index contributed by atoms with van der Waals surface area (Å²) in [6.07, 6.45) is 9.17. The molecule has 1 aliphatic carbocycles. The number of rotatable bonds is 8. The van der Waals surface area contributed by atoms with E-state index in [0.29, 0.717) is 11.3 Å². The topological polar surface area (TPSA) is 18.5 Å². The SMILES string of the molecule is CC(OCCC1CCCCC1)Oc1ccc(C(C)CC(C)(C)C)cc1. The molecular formula is C23H38O2. The summed E-state index contributed by atoms with van der Waals surface area (Å²) in [6.45, 7) is 12.0. The fourth-order valence-electron chi connectivity index (χ4n) is 4.01. The third kappa shape index (κ3) is 7.81. The van der Waals surface area contributed by atoms with E-state index in [4.69, 9.17) is 9.47 Å². The molecule has 0 spiro atoms. The van der Waals surface area contributed by atoms with Crippen molar-refractivity contribution in [2.45, 2.75) is 91.8 Å². The zero-order valence-corrected chi connectivity index (χ0v) is 17.0. The molecule has 142 valence electrons. The second-order valence-electron chi connectivity index (χ2n) is 9.08. The van der Waals surface area contributed by atoms with Crippen molar-refractivity contribution in [3.63, 3.8) is 0 Å². The second-order valence-corrected chi connectivity index (χ2v) is 9.08. The van der Waals surface area contributed by atoms with E-state index in [-0.39, 0.29) is 6.29 Å². The van der Waals surface area contributed by atoms with E-state index in [1.807, 2.05) is 6.92 Å². The Morgan fingerprint density at radius 2 is 1.64 bits per heavy atom. The minimum Gasteiger partial charge on any atom is -0.465 e. The Bertz CT molecular complexity index is 480. The standard InChI is InChI=1S/C23H38O2/c1-18(17-23(3,4)5)21-11-13-22(14-12-21)25-19(2)24-16-15-20-9-7-6-8-10-20/h11-14,18-20H,6-10,15-17H2,1-5H3. The molecule has 0 N–H and O–H groups in total. The van der Waals surface area contributed by atoms with Gasteiger partial charge in [-0.05, 0) is 54.7 Å². The summed E-state index contributed by atoms with van der Waals surface area (Å²) in [4.78, 5) is 0. The van der Waals surface area contributed by atoms with Crippen molar-refractivity contribution < 1.29 is 9.47 Å². The van der Waals surface area contributed by atoms with Crippen LogP contribution in [0.4, 0.5) is 0 Å². The maximum Gasteiger partial charge on any atom is 0.196 e. The largest absolute Gasteiger partial charge is 0.465 e. The molecule has 2 heteroatoms. The molecule has 0 aromatic heterocycles. The highest BCUT2D eigenvalue weighted by Crippen LogP contribution is 2.31. The van der Waals surface area contributed by atoms with Crippen LogP contribution in [-0.4, -0.2) is 12.9 Å². The zero-order valence-electron chi connectivity index (χ0n) is 17.0. The van der Waals surface area contributed by atoms with Crippen LogP contribution in [0, 0.1) is 11.3 Å². The fraction of sp³-hybridized carbons (Fsp3) is 0.739. The summed E-state index contributed by atoms with van der Waals surface area (Å²) in [7, 11) is 0. The van der Waals surface area contributed by atoms with Crippen molar-refractivity contribution in [1.29, 1.82) is 0 Å². The highest BCUT2D eigenvalue weighted by atomic mass is 16.7. The quantitative estimate of drug-likeness (QED) is 0.475. The normalized spacial score (nSPS) is 18.8. The van der Waals surface area contributed by atoms with Gasteiger partial charge < -0.3 is 9.47 Å². The van der Waals surface area contributed by atoms with Crippen molar-refractivity contribution in [2.24, 2.45) is 11.3 Å². The summed E-state index contributed by atoms with van der Waals surface area (Å²) in [5.41, 5.74) is 1.74. The van der Waals surface area contributed by atoms with E-state index in [1.165, 1.54) is 50.5 Å². The molecule has 0 aliphatic heterocycles. The zero-order chi connectivity index (χ0) is 18.3. The van der Waals surface area contributed by atoms with Crippen molar-refractivity contribution in [3.05, 3.63) is 29.8 Å². The molecule has 0 bridgehead atoms. The molecule has 0 radical (unpaired) electrons. The first-order chi connectivity index (χ1) is 11.8. The molecule has 1 aromatic carbocycles. The van der Waals surface area contributed by atoms with Gasteiger partial charge in [0.15, 0.2) is 6.29 Å². The Morgan fingerprint density at radius 3 is 2.24 bits per heavy atom. The molecular weight excluding hydrogens is 308 g/mol. The van der Waals surface area contributed by atoms with Gasteiger partial charge in [-0.15, -0.1) is 0 Å². The number of hydrogen-bond acceptors (Lipinski definition) is 2. The summed E-state index contributed by atoms with van der Waals surface area (Å²) >= 11 is 0. The lowest BCUT2D eigenvalue weighted by Gasteiger charge is -2.24. The van der Waals surface area contributed by atoms with Crippen molar-refractivity contribution >= 4 is 0 Å². The van der Waals surface area contributed by atoms with Gasteiger partial charge in [-0.1, -0.05) is 71.9 Å². The molecule has 1 fully saturated rings. The minimum atomic E-state index is -0.179. The van der Waals surface area contributed by atoms with Crippen molar-refractivity contribution in [2.75, 3.05) is 6.61 Å². The van der Waals surface area contributed by atoms with Crippen LogP contribution < -0.4 is 4.74 Å². The molecule has 1 aromatic rings. The Labute approximate surface area is 155 Å². The summed E-state index contributed by atoms with van der Waals surface area (Å²) in [5, 5.41) is 0. The number of hydrogen-bond donors (Lipinski definition) is 0. The van der Waals surface area contributed by atoms with Crippen LogP contribution in [0.2, 0.25) is 0 Å². The van der Waals surface area contributed by atoms with Crippen LogP contribution in [-0.2, 0) is 4.74 Å². The Hall–Kier alpha value is -1.02. The van der Waals surface area contributed by atoms with Gasteiger partial charge in [0.1, 0.15) is 5.75 Å². The molecule has 2 unspecified atom stereocenters. The molecule has 0 heterocycles. The van der Waals surface area contributed by atoms with Gasteiger partial charge in [-0.25, -0.2) is 0 Å². The summed E-state index contributed by atoms with van der Waals surface area (Å²) < 4.78 is 11.8. The van der Waals surface area contributed by atoms with Gasteiger partial charge in [0, 0.05) is 0 Å². The maximum absolute atomic E-state index is 5.92.